The molecule has 7 heteroatoms. The maximum Gasteiger partial charge on any atom is 0.352 e. The van der Waals surface area contributed by atoms with E-state index in [0.29, 0.717) is 12.2 Å². The van der Waals surface area contributed by atoms with E-state index in [-0.39, 0.29) is 22.9 Å². The van der Waals surface area contributed by atoms with Gasteiger partial charge in [-0.15, -0.1) is 11.8 Å². The third-order valence-corrected chi connectivity index (χ3v) is 4.82. The molecular formula is C13H14N3O3S+. The molecule has 0 aliphatic carbocycles. The Labute approximate surface area is 119 Å². The van der Waals surface area contributed by atoms with Gasteiger partial charge >= 0.3 is 5.97 Å². The minimum Gasteiger partial charge on any atom is -0.477 e. The lowest BCUT2D eigenvalue weighted by Crippen LogP contribution is -2.62. The highest BCUT2D eigenvalue weighted by Crippen LogP contribution is 2.42. The molecule has 0 aromatic carbocycles. The van der Waals surface area contributed by atoms with Gasteiger partial charge in [0.05, 0.1) is 11.3 Å². The lowest BCUT2D eigenvalue weighted by Gasteiger charge is -2.48. The van der Waals surface area contributed by atoms with Crippen molar-refractivity contribution < 1.29 is 19.4 Å². The van der Waals surface area contributed by atoms with Crippen LogP contribution in [0.5, 0.6) is 0 Å². The van der Waals surface area contributed by atoms with Crippen LogP contribution in [-0.2, 0) is 16.0 Å². The molecule has 3 rings (SSSR count). The molecule has 1 aromatic rings. The predicted molar refractivity (Wildman–Crippen MR) is 72.8 cm³/mol. The van der Waals surface area contributed by atoms with Crippen molar-refractivity contribution in [2.24, 2.45) is 5.92 Å². The van der Waals surface area contributed by atoms with Crippen molar-refractivity contribution >= 4 is 23.6 Å². The number of carbonyl (C=O) groups is 2. The highest BCUT2D eigenvalue weighted by molar-refractivity contribution is 8.00. The average Bonchev–Trinajstić information content (AvgIpc) is 2.45. The molecule has 0 bridgehead atoms. The van der Waals surface area contributed by atoms with Gasteiger partial charge in [-0.2, -0.15) is 0 Å². The van der Waals surface area contributed by atoms with Gasteiger partial charge < -0.3 is 5.11 Å². The van der Waals surface area contributed by atoms with Gasteiger partial charge in [-0.25, -0.2) is 10.6 Å². The molecule has 1 aromatic heterocycles. The standard InChI is InChI=1S/C13H13N3O3S/c14-15-5-2-1-3-8(15)7-9-11(17)16-10(13(18)19)4-6-20-12(9)16/h1-5,9,12H,6-7,14H2/p+1. The van der Waals surface area contributed by atoms with Gasteiger partial charge in [-0.05, 0) is 12.1 Å². The molecule has 2 unspecified atom stereocenters. The molecule has 0 radical (unpaired) electrons. The number of nitrogen functional groups attached to an aromatic ring is 1. The summed E-state index contributed by atoms with van der Waals surface area (Å²) in [5.74, 6) is 5.04. The topological polar surface area (TPSA) is 87.5 Å². The van der Waals surface area contributed by atoms with Crippen molar-refractivity contribution in [3.8, 4) is 0 Å². The van der Waals surface area contributed by atoms with E-state index in [1.807, 2.05) is 18.2 Å². The molecule has 104 valence electrons. The summed E-state index contributed by atoms with van der Waals surface area (Å²) in [7, 11) is 0. The van der Waals surface area contributed by atoms with Gasteiger partial charge in [-0.1, -0.05) is 4.68 Å². The van der Waals surface area contributed by atoms with Crippen molar-refractivity contribution in [3.05, 3.63) is 41.9 Å². The summed E-state index contributed by atoms with van der Waals surface area (Å²) < 4.78 is 1.50. The highest BCUT2D eigenvalue weighted by Gasteiger charge is 2.52. The number of amides is 1. The molecule has 3 N–H and O–H groups in total. The molecule has 20 heavy (non-hydrogen) atoms. The number of fused-ring (bicyclic) bond motifs is 1. The molecule has 1 fully saturated rings. The third-order valence-electron chi connectivity index (χ3n) is 3.58. The summed E-state index contributed by atoms with van der Waals surface area (Å²) in [6, 6.07) is 5.56. The van der Waals surface area contributed by atoms with Crippen LogP contribution in [0.3, 0.4) is 0 Å². The molecule has 2 aliphatic heterocycles. The van der Waals surface area contributed by atoms with E-state index >= 15 is 0 Å². The minimum absolute atomic E-state index is 0.0983. The summed E-state index contributed by atoms with van der Waals surface area (Å²) in [6.45, 7) is 0. The number of hydrogen-bond donors (Lipinski definition) is 2. The average molecular weight is 292 g/mol. The zero-order chi connectivity index (χ0) is 14.3. The second-order valence-electron chi connectivity index (χ2n) is 4.74. The highest BCUT2D eigenvalue weighted by atomic mass is 32.2. The number of pyridine rings is 1. The quantitative estimate of drug-likeness (QED) is 0.455. The zero-order valence-electron chi connectivity index (χ0n) is 10.6. The van der Waals surface area contributed by atoms with Crippen LogP contribution >= 0.6 is 11.8 Å². The first-order valence-corrected chi connectivity index (χ1v) is 7.27. The first kappa shape index (κ1) is 13.0. The number of carboxylic acids is 1. The van der Waals surface area contributed by atoms with Crippen molar-refractivity contribution in [1.82, 2.24) is 4.90 Å². The molecule has 0 spiro atoms. The van der Waals surface area contributed by atoms with E-state index < -0.39 is 5.97 Å². The molecule has 1 amide bonds. The molecule has 6 nitrogen and oxygen atoms in total. The number of hydrogen-bond acceptors (Lipinski definition) is 4. The van der Waals surface area contributed by atoms with Crippen LogP contribution in [-0.4, -0.2) is 33.0 Å². The van der Waals surface area contributed by atoms with Crippen LogP contribution in [0.25, 0.3) is 0 Å². The fourth-order valence-corrected chi connectivity index (χ4v) is 3.83. The predicted octanol–water partition coefficient (Wildman–Crippen LogP) is -0.270. The number of nitrogens with two attached hydrogens (primary N) is 1. The Morgan fingerprint density at radius 1 is 1.55 bits per heavy atom. The summed E-state index contributed by atoms with van der Waals surface area (Å²) in [4.78, 5) is 24.7. The van der Waals surface area contributed by atoms with E-state index in [1.165, 1.54) is 9.58 Å². The largest absolute Gasteiger partial charge is 0.477 e. The summed E-state index contributed by atoms with van der Waals surface area (Å²) >= 11 is 1.59. The van der Waals surface area contributed by atoms with Crippen LogP contribution in [0.15, 0.2) is 36.2 Å². The van der Waals surface area contributed by atoms with Crippen molar-refractivity contribution in [3.63, 3.8) is 0 Å². The molecular weight excluding hydrogens is 278 g/mol. The Morgan fingerprint density at radius 3 is 3.05 bits per heavy atom. The Hall–Kier alpha value is -2.02. The minimum atomic E-state index is -1.05. The Balaban J connectivity index is 1.79. The van der Waals surface area contributed by atoms with Crippen molar-refractivity contribution in [1.29, 1.82) is 0 Å². The smallest absolute Gasteiger partial charge is 0.352 e. The monoisotopic (exact) mass is 292 g/mol. The second kappa shape index (κ2) is 4.82. The maximum absolute atomic E-state index is 12.2. The lowest BCUT2D eigenvalue weighted by atomic mass is 9.91. The lowest BCUT2D eigenvalue weighted by molar-refractivity contribution is -0.647. The summed E-state index contributed by atoms with van der Waals surface area (Å²) in [6.07, 6.45) is 3.84. The molecule has 1 saturated heterocycles. The number of aromatic nitrogens is 1. The summed E-state index contributed by atoms with van der Waals surface area (Å²) in [5.41, 5.74) is 0.959. The fraction of sp³-hybridized carbons (Fsp3) is 0.308. The number of carbonyl (C=O) groups excluding carboxylic acids is 1. The van der Waals surface area contributed by atoms with Gasteiger partial charge in [0.2, 0.25) is 11.6 Å². The van der Waals surface area contributed by atoms with Gasteiger partial charge in [0.25, 0.3) is 0 Å². The normalized spacial score (nSPS) is 24.7. The Bertz CT molecular complexity index is 617. The Morgan fingerprint density at radius 2 is 2.35 bits per heavy atom. The molecule has 2 aliphatic rings. The first-order valence-electron chi connectivity index (χ1n) is 6.22. The SMILES string of the molecule is N[n+]1ccccc1CC1C(=O)N2C(C(=O)O)=CCSC12. The van der Waals surface area contributed by atoms with Gasteiger partial charge in [-0.3, -0.25) is 9.69 Å². The molecule has 2 atom stereocenters. The second-order valence-corrected chi connectivity index (χ2v) is 5.89. The van der Waals surface area contributed by atoms with Crippen molar-refractivity contribution in [2.45, 2.75) is 11.8 Å². The van der Waals surface area contributed by atoms with Crippen LogP contribution in [0.2, 0.25) is 0 Å². The van der Waals surface area contributed by atoms with Gasteiger partial charge in [0.15, 0.2) is 6.20 Å². The number of aliphatic carboxylic acids is 1. The van der Waals surface area contributed by atoms with E-state index in [0.717, 1.165) is 5.69 Å². The van der Waals surface area contributed by atoms with Gasteiger partial charge in [0.1, 0.15) is 5.70 Å². The maximum atomic E-state index is 12.2. The number of carboxylic acid groups (broad SMARTS) is 1. The number of rotatable bonds is 3. The van der Waals surface area contributed by atoms with Crippen LogP contribution in [0.4, 0.5) is 0 Å². The van der Waals surface area contributed by atoms with E-state index in [4.69, 9.17) is 10.9 Å². The van der Waals surface area contributed by atoms with E-state index in [2.05, 4.69) is 0 Å². The van der Waals surface area contributed by atoms with Gasteiger partial charge in [0, 0.05) is 24.3 Å². The van der Waals surface area contributed by atoms with Crippen LogP contribution in [0, 0.1) is 5.92 Å². The Kier molecular flexibility index (Phi) is 3.13. The van der Waals surface area contributed by atoms with Crippen molar-refractivity contribution in [2.75, 3.05) is 11.6 Å². The third kappa shape index (κ3) is 1.94. The zero-order valence-corrected chi connectivity index (χ0v) is 11.4. The number of β-lactam (4-membered cyclic amide) rings is 1. The van der Waals surface area contributed by atoms with Crippen LogP contribution in [0.1, 0.15) is 5.69 Å². The fourth-order valence-electron chi connectivity index (χ4n) is 2.56. The summed E-state index contributed by atoms with van der Waals surface area (Å²) in [5, 5.41) is 9.00. The number of thioether (sulfide) groups is 1. The van der Waals surface area contributed by atoms with E-state index in [9.17, 15) is 9.59 Å². The molecule has 0 saturated carbocycles. The van der Waals surface area contributed by atoms with E-state index in [1.54, 1.807) is 24.0 Å². The number of nitrogens with zero attached hydrogens (tertiary/aromatic N) is 2. The van der Waals surface area contributed by atoms with Crippen LogP contribution < -0.4 is 10.5 Å². The molecule has 3 heterocycles. The first-order chi connectivity index (χ1) is 9.59.